The quantitative estimate of drug-likeness (QED) is 0.485. The molecular weight excluding hydrogens is 167 g/mol. The largest absolute Gasteiger partial charge is 0.481 e. The first-order valence-corrected chi connectivity index (χ1v) is 3.63. The predicted molar refractivity (Wildman–Crippen MR) is 42.7 cm³/mol. The summed E-state index contributed by atoms with van der Waals surface area (Å²) < 4.78 is 0. The summed E-state index contributed by atoms with van der Waals surface area (Å²) in [6.45, 7) is 0. The predicted octanol–water partition coefficient (Wildman–Crippen LogP) is -0.915. The lowest BCUT2D eigenvalue weighted by atomic mass is 10.1. The van der Waals surface area contributed by atoms with Crippen LogP contribution in [0.4, 0.5) is 0 Å². The summed E-state index contributed by atoms with van der Waals surface area (Å²) in [5.41, 5.74) is 5.29. The number of amides is 1. The van der Waals surface area contributed by atoms with Crippen molar-refractivity contribution in [1.82, 2.24) is 5.09 Å². The average molecular weight is 178 g/mol. The summed E-state index contributed by atoms with van der Waals surface area (Å²) in [7, 11) is 2.01. The summed E-state index contributed by atoms with van der Waals surface area (Å²) in [6, 6.07) is -0.733. The molecule has 0 heterocycles. The Hall–Kier alpha value is -0.670. The van der Waals surface area contributed by atoms with E-state index < -0.39 is 12.0 Å². The highest BCUT2D eigenvalue weighted by atomic mass is 31.0. The molecule has 64 valence electrons. The number of carbonyl (C=O) groups is 2. The number of hydrogen-bond donors (Lipinski definition) is 3. The molecular formula is C5H11N2O3P. The highest BCUT2D eigenvalue weighted by molar-refractivity contribution is 7.15. The van der Waals surface area contributed by atoms with E-state index in [1.54, 1.807) is 0 Å². The molecule has 1 amide bonds. The number of rotatable bonds is 4. The van der Waals surface area contributed by atoms with Crippen molar-refractivity contribution >= 4 is 21.3 Å². The maximum atomic E-state index is 10.7. The lowest BCUT2D eigenvalue weighted by Gasteiger charge is -2.06. The third-order valence-electron chi connectivity index (χ3n) is 1.15. The lowest BCUT2D eigenvalue weighted by molar-refractivity contribution is -0.137. The van der Waals surface area contributed by atoms with E-state index in [9.17, 15) is 9.59 Å². The molecule has 0 aliphatic heterocycles. The summed E-state index contributed by atoms with van der Waals surface area (Å²) in [5.74, 6) is -1.31. The maximum absolute atomic E-state index is 10.7. The highest BCUT2D eigenvalue weighted by Crippen LogP contribution is 1.94. The molecule has 2 atom stereocenters. The van der Waals surface area contributed by atoms with Gasteiger partial charge in [0.1, 0.15) is 0 Å². The van der Waals surface area contributed by atoms with Crippen molar-refractivity contribution in [1.29, 1.82) is 0 Å². The van der Waals surface area contributed by atoms with Gasteiger partial charge in [0.25, 0.3) is 0 Å². The van der Waals surface area contributed by atoms with Gasteiger partial charge in [-0.3, -0.25) is 9.59 Å². The Morgan fingerprint density at radius 3 is 2.55 bits per heavy atom. The van der Waals surface area contributed by atoms with Crippen molar-refractivity contribution in [3.05, 3.63) is 0 Å². The Labute approximate surface area is 66.6 Å². The second-order valence-electron chi connectivity index (χ2n) is 2.05. The van der Waals surface area contributed by atoms with Crippen LogP contribution in [0.1, 0.15) is 12.8 Å². The van der Waals surface area contributed by atoms with Gasteiger partial charge < -0.3 is 15.9 Å². The Morgan fingerprint density at radius 2 is 2.18 bits per heavy atom. The third kappa shape index (κ3) is 4.70. The van der Waals surface area contributed by atoms with Gasteiger partial charge in [0.2, 0.25) is 5.91 Å². The van der Waals surface area contributed by atoms with Crippen LogP contribution in [0.2, 0.25) is 0 Å². The Balaban J connectivity index is 3.60. The van der Waals surface area contributed by atoms with Gasteiger partial charge in [0, 0.05) is 6.42 Å². The fourth-order valence-corrected chi connectivity index (χ4v) is 0.731. The third-order valence-corrected chi connectivity index (χ3v) is 1.43. The first kappa shape index (κ1) is 10.3. The molecule has 0 saturated heterocycles. The Kier molecular flexibility index (Phi) is 4.74. The van der Waals surface area contributed by atoms with Gasteiger partial charge in [-0.15, -0.1) is 0 Å². The maximum Gasteiger partial charge on any atom is 0.303 e. The summed E-state index contributed by atoms with van der Waals surface area (Å²) in [4.78, 5) is 20.7. The first-order chi connectivity index (χ1) is 5.07. The molecule has 0 bridgehead atoms. The SMILES string of the molecule is NC(CCC(=O)O)C(=O)NP. The van der Waals surface area contributed by atoms with Crippen molar-refractivity contribution < 1.29 is 14.7 Å². The number of nitrogens with two attached hydrogens (primary N) is 1. The second kappa shape index (κ2) is 5.04. The van der Waals surface area contributed by atoms with Crippen molar-refractivity contribution in [3.8, 4) is 0 Å². The van der Waals surface area contributed by atoms with Gasteiger partial charge in [-0.2, -0.15) is 0 Å². The fraction of sp³-hybridized carbons (Fsp3) is 0.600. The molecule has 0 aromatic carbocycles. The van der Waals surface area contributed by atoms with E-state index in [0.29, 0.717) is 0 Å². The van der Waals surface area contributed by atoms with Crippen LogP contribution in [-0.4, -0.2) is 23.0 Å². The smallest absolute Gasteiger partial charge is 0.303 e. The summed E-state index contributed by atoms with van der Waals surface area (Å²) >= 11 is 0. The van der Waals surface area contributed by atoms with Gasteiger partial charge in [-0.25, -0.2) is 0 Å². The zero-order chi connectivity index (χ0) is 8.85. The minimum Gasteiger partial charge on any atom is -0.481 e. The molecule has 0 rings (SSSR count). The molecule has 0 aliphatic carbocycles. The second-order valence-corrected chi connectivity index (χ2v) is 2.34. The minimum atomic E-state index is -0.947. The molecule has 5 nitrogen and oxygen atoms in total. The number of carboxylic acid groups (broad SMARTS) is 1. The van der Waals surface area contributed by atoms with Crippen LogP contribution < -0.4 is 10.8 Å². The molecule has 2 unspecified atom stereocenters. The fourth-order valence-electron chi connectivity index (χ4n) is 0.517. The molecule has 4 N–H and O–H groups in total. The van der Waals surface area contributed by atoms with Crippen LogP contribution in [0.5, 0.6) is 0 Å². The number of aliphatic carboxylic acids is 1. The minimum absolute atomic E-state index is 0.0841. The monoisotopic (exact) mass is 178 g/mol. The standard InChI is InChI=1S/C5H11N2O3P/c6-3(5(10)7-11)1-2-4(8)9/h3H,1-2,6,11H2,(H,7,10)(H,8,9). The number of carbonyl (C=O) groups excluding carboxylic acids is 1. The van der Waals surface area contributed by atoms with Gasteiger partial charge in [-0.1, -0.05) is 0 Å². The molecule has 0 aromatic rings. The highest BCUT2D eigenvalue weighted by Gasteiger charge is 2.12. The summed E-state index contributed by atoms with van der Waals surface area (Å²) in [5, 5.41) is 10.5. The molecule has 0 fully saturated rings. The van der Waals surface area contributed by atoms with E-state index in [1.165, 1.54) is 0 Å². The van der Waals surface area contributed by atoms with Crippen LogP contribution >= 0.6 is 9.39 Å². The normalized spacial score (nSPS) is 12.2. The lowest BCUT2D eigenvalue weighted by Crippen LogP contribution is -2.36. The van der Waals surface area contributed by atoms with E-state index in [-0.39, 0.29) is 18.7 Å². The molecule has 0 spiro atoms. The Bertz CT molecular complexity index is 162. The van der Waals surface area contributed by atoms with E-state index in [1.807, 2.05) is 9.39 Å². The Morgan fingerprint density at radius 1 is 1.64 bits per heavy atom. The topological polar surface area (TPSA) is 92.4 Å². The number of nitrogens with one attached hydrogen (secondary N) is 1. The molecule has 0 aromatic heterocycles. The van der Waals surface area contributed by atoms with Crippen LogP contribution in [0.3, 0.4) is 0 Å². The van der Waals surface area contributed by atoms with Crippen LogP contribution in [-0.2, 0) is 9.59 Å². The molecule has 11 heavy (non-hydrogen) atoms. The summed E-state index contributed by atoms with van der Waals surface area (Å²) in [6.07, 6.45) is 0.0782. The van der Waals surface area contributed by atoms with Gasteiger partial charge >= 0.3 is 5.97 Å². The zero-order valence-corrected chi connectivity index (χ0v) is 7.06. The van der Waals surface area contributed by atoms with Crippen LogP contribution in [0, 0.1) is 0 Å². The van der Waals surface area contributed by atoms with Gasteiger partial charge in [0.15, 0.2) is 0 Å². The first-order valence-electron chi connectivity index (χ1n) is 3.05. The van der Waals surface area contributed by atoms with Crippen LogP contribution in [0.25, 0.3) is 0 Å². The molecule has 0 radical (unpaired) electrons. The van der Waals surface area contributed by atoms with Crippen molar-refractivity contribution in [2.45, 2.75) is 18.9 Å². The van der Waals surface area contributed by atoms with Crippen molar-refractivity contribution in [3.63, 3.8) is 0 Å². The molecule has 0 saturated carbocycles. The van der Waals surface area contributed by atoms with E-state index in [0.717, 1.165) is 0 Å². The van der Waals surface area contributed by atoms with E-state index >= 15 is 0 Å². The van der Waals surface area contributed by atoms with Crippen molar-refractivity contribution in [2.75, 3.05) is 0 Å². The zero-order valence-electron chi connectivity index (χ0n) is 5.91. The van der Waals surface area contributed by atoms with E-state index in [4.69, 9.17) is 10.8 Å². The van der Waals surface area contributed by atoms with Crippen molar-refractivity contribution in [2.24, 2.45) is 5.73 Å². The molecule has 0 aliphatic rings. The van der Waals surface area contributed by atoms with Crippen LogP contribution in [0.15, 0.2) is 0 Å². The average Bonchev–Trinajstić information content (AvgIpc) is 1.98. The van der Waals surface area contributed by atoms with Gasteiger partial charge in [-0.05, 0) is 15.8 Å². The molecule has 6 heteroatoms. The van der Waals surface area contributed by atoms with Gasteiger partial charge in [0.05, 0.1) is 6.04 Å². The number of hydrogen-bond acceptors (Lipinski definition) is 3. The van der Waals surface area contributed by atoms with E-state index in [2.05, 4.69) is 5.09 Å². The number of carboxylic acids is 1.